The first kappa shape index (κ1) is 8.66. The highest BCUT2D eigenvalue weighted by molar-refractivity contribution is 5.26. The fourth-order valence-corrected chi connectivity index (χ4v) is 0.908. The smallest absolute Gasteiger partial charge is 0.127 e. The number of halogens is 2. The molecule has 3 heteroatoms. The Labute approximate surface area is 69.2 Å². The van der Waals surface area contributed by atoms with E-state index in [1.807, 2.05) is 0 Å². The van der Waals surface area contributed by atoms with Gasteiger partial charge in [-0.15, -0.1) is 0 Å². The molecule has 1 aromatic rings. The van der Waals surface area contributed by atoms with Crippen LogP contribution in [-0.4, -0.2) is 0 Å². The van der Waals surface area contributed by atoms with Crippen molar-refractivity contribution >= 4 is 0 Å². The maximum absolute atomic E-state index is 12.9. The largest absolute Gasteiger partial charge is 0.207 e. The first-order valence-electron chi connectivity index (χ1n) is 3.46. The van der Waals surface area contributed by atoms with Crippen molar-refractivity contribution in [1.82, 2.24) is 0 Å². The van der Waals surface area contributed by atoms with Crippen LogP contribution in [0, 0.1) is 29.9 Å². The summed E-state index contributed by atoms with van der Waals surface area (Å²) < 4.78 is 25.7. The van der Waals surface area contributed by atoms with E-state index in [0.717, 1.165) is 12.1 Å². The van der Waals surface area contributed by atoms with Crippen LogP contribution in [0.3, 0.4) is 0 Å². The zero-order chi connectivity index (χ0) is 9.14. The molecule has 0 unspecified atom stereocenters. The summed E-state index contributed by atoms with van der Waals surface area (Å²) in [6.45, 7) is 1.48. The lowest BCUT2D eigenvalue weighted by molar-refractivity contribution is 0.582. The number of nitriles is 1. The Kier molecular flexibility index (Phi) is 2.39. The van der Waals surface area contributed by atoms with Gasteiger partial charge >= 0.3 is 0 Å². The Morgan fingerprint density at radius 1 is 1.33 bits per heavy atom. The van der Waals surface area contributed by atoms with Gasteiger partial charge in [0.2, 0.25) is 0 Å². The van der Waals surface area contributed by atoms with E-state index in [1.54, 1.807) is 6.07 Å². The summed E-state index contributed by atoms with van der Waals surface area (Å²) in [4.78, 5) is 0. The van der Waals surface area contributed by atoms with E-state index in [0.29, 0.717) is 0 Å². The summed E-state index contributed by atoms with van der Waals surface area (Å²) in [6.07, 6.45) is -0.0942. The van der Waals surface area contributed by atoms with Gasteiger partial charge in [0.25, 0.3) is 0 Å². The summed E-state index contributed by atoms with van der Waals surface area (Å²) in [5.74, 6) is -0.989. The van der Waals surface area contributed by atoms with E-state index in [2.05, 4.69) is 0 Å². The second-order valence-electron chi connectivity index (χ2n) is 2.53. The van der Waals surface area contributed by atoms with Gasteiger partial charge < -0.3 is 0 Å². The molecule has 0 saturated heterocycles. The van der Waals surface area contributed by atoms with Gasteiger partial charge in [0.15, 0.2) is 0 Å². The fraction of sp³-hybridized carbons (Fsp3) is 0.222. The first-order valence-corrected chi connectivity index (χ1v) is 3.46. The molecule has 1 rings (SSSR count). The zero-order valence-electron chi connectivity index (χ0n) is 6.56. The van der Waals surface area contributed by atoms with Crippen molar-refractivity contribution in [2.24, 2.45) is 0 Å². The number of hydrogen-bond acceptors (Lipinski definition) is 1. The molecule has 0 heterocycles. The average molecular weight is 167 g/mol. The zero-order valence-corrected chi connectivity index (χ0v) is 6.56. The topological polar surface area (TPSA) is 23.8 Å². The minimum absolute atomic E-state index is 0.0942. The van der Waals surface area contributed by atoms with E-state index in [4.69, 9.17) is 5.26 Å². The second kappa shape index (κ2) is 3.31. The van der Waals surface area contributed by atoms with Crippen LogP contribution in [0.4, 0.5) is 8.78 Å². The predicted molar refractivity (Wildman–Crippen MR) is 40.4 cm³/mol. The van der Waals surface area contributed by atoms with Crippen molar-refractivity contribution in [3.05, 3.63) is 34.9 Å². The minimum Gasteiger partial charge on any atom is -0.207 e. The van der Waals surface area contributed by atoms with Gasteiger partial charge in [-0.05, 0) is 24.6 Å². The average Bonchev–Trinajstić information content (AvgIpc) is 2.01. The van der Waals surface area contributed by atoms with Crippen molar-refractivity contribution in [2.45, 2.75) is 13.3 Å². The lowest BCUT2D eigenvalue weighted by atomic mass is 10.1. The third-order valence-corrected chi connectivity index (χ3v) is 1.60. The van der Waals surface area contributed by atoms with E-state index in [9.17, 15) is 8.78 Å². The molecule has 0 radical (unpaired) electrons. The molecule has 0 spiro atoms. The number of aryl methyl sites for hydroxylation is 1. The quantitative estimate of drug-likeness (QED) is 0.629. The van der Waals surface area contributed by atoms with Gasteiger partial charge in [-0.3, -0.25) is 0 Å². The third-order valence-electron chi connectivity index (χ3n) is 1.60. The molecule has 0 aliphatic heterocycles. The number of hydrogen-bond donors (Lipinski definition) is 0. The highest BCUT2D eigenvalue weighted by atomic mass is 19.1. The Morgan fingerprint density at radius 2 is 2.00 bits per heavy atom. The van der Waals surface area contributed by atoms with Gasteiger partial charge in [0, 0.05) is 5.56 Å². The molecule has 0 bridgehead atoms. The predicted octanol–water partition coefficient (Wildman–Crippen LogP) is 2.34. The SMILES string of the molecule is Cc1cc(F)c(CC#N)cc1F. The molecule has 0 amide bonds. The highest BCUT2D eigenvalue weighted by Crippen LogP contribution is 2.14. The van der Waals surface area contributed by atoms with Crippen LogP contribution in [0.5, 0.6) is 0 Å². The minimum atomic E-state index is -0.518. The molecule has 0 fully saturated rings. The molecule has 0 N–H and O–H groups in total. The van der Waals surface area contributed by atoms with Crippen LogP contribution in [0.15, 0.2) is 12.1 Å². The normalized spacial score (nSPS) is 9.50. The summed E-state index contributed by atoms with van der Waals surface area (Å²) in [5, 5.41) is 8.27. The first-order chi connectivity index (χ1) is 5.65. The van der Waals surface area contributed by atoms with Crippen LogP contribution in [0.1, 0.15) is 11.1 Å². The lowest BCUT2D eigenvalue weighted by Gasteiger charge is -2.00. The Bertz CT molecular complexity index is 339. The molecule has 0 aliphatic carbocycles. The van der Waals surface area contributed by atoms with Gasteiger partial charge in [-0.25, -0.2) is 8.78 Å². The molecule has 0 aliphatic rings. The van der Waals surface area contributed by atoms with Crippen molar-refractivity contribution in [3.63, 3.8) is 0 Å². The number of nitrogens with zero attached hydrogens (tertiary/aromatic N) is 1. The Balaban J connectivity index is 3.16. The number of benzene rings is 1. The van der Waals surface area contributed by atoms with Crippen LogP contribution in [0.25, 0.3) is 0 Å². The molecule has 0 atom stereocenters. The van der Waals surface area contributed by atoms with Crippen LogP contribution in [-0.2, 0) is 6.42 Å². The third kappa shape index (κ3) is 1.59. The maximum atomic E-state index is 12.9. The highest BCUT2D eigenvalue weighted by Gasteiger charge is 2.05. The molecule has 1 aromatic carbocycles. The van der Waals surface area contributed by atoms with Gasteiger partial charge in [0.05, 0.1) is 12.5 Å². The second-order valence-corrected chi connectivity index (χ2v) is 2.53. The summed E-state index contributed by atoms with van der Waals surface area (Å²) in [7, 11) is 0. The molecular formula is C9H7F2N. The van der Waals surface area contributed by atoms with E-state index < -0.39 is 11.6 Å². The molecule has 0 aromatic heterocycles. The fourth-order valence-electron chi connectivity index (χ4n) is 0.908. The van der Waals surface area contributed by atoms with E-state index in [-0.39, 0.29) is 17.5 Å². The van der Waals surface area contributed by atoms with E-state index >= 15 is 0 Å². The Hall–Kier alpha value is -1.43. The molecular weight excluding hydrogens is 160 g/mol. The van der Waals surface area contributed by atoms with Gasteiger partial charge in [-0.1, -0.05) is 0 Å². The molecule has 1 nitrogen and oxygen atoms in total. The maximum Gasteiger partial charge on any atom is 0.127 e. The molecule has 12 heavy (non-hydrogen) atoms. The summed E-state index contributed by atoms with van der Waals surface area (Å²) >= 11 is 0. The summed E-state index contributed by atoms with van der Waals surface area (Å²) in [5.41, 5.74) is 0.370. The molecule has 0 saturated carbocycles. The van der Waals surface area contributed by atoms with Crippen molar-refractivity contribution in [3.8, 4) is 6.07 Å². The van der Waals surface area contributed by atoms with Crippen molar-refractivity contribution in [2.75, 3.05) is 0 Å². The molecule has 62 valence electrons. The van der Waals surface area contributed by atoms with Crippen LogP contribution >= 0.6 is 0 Å². The van der Waals surface area contributed by atoms with Gasteiger partial charge in [-0.2, -0.15) is 5.26 Å². The van der Waals surface area contributed by atoms with Crippen LogP contribution < -0.4 is 0 Å². The Morgan fingerprint density at radius 3 is 2.58 bits per heavy atom. The standard InChI is InChI=1S/C9H7F2N/c1-6-4-9(11)7(2-3-12)5-8(6)10/h4-5H,2H2,1H3. The lowest BCUT2D eigenvalue weighted by Crippen LogP contribution is -1.93. The van der Waals surface area contributed by atoms with E-state index in [1.165, 1.54) is 6.92 Å². The van der Waals surface area contributed by atoms with Crippen molar-refractivity contribution in [1.29, 1.82) is 5.26 Å². The van der Waals surface area contributed by atoms with Crippen molar-refractivity contribution < 1.29 is 8.78 Å². The van der Waals surface area contributed by atoms with Gasteiger partial charge in [0.1, 0.15) is 11.6 Å². The van der Waals surface area contributed by atoms with Crippen LogP contribution in [0.2, 0.25) is 0 Å². The monoisotopic (exact) mass is 167 g/mol. The summed E-state index contributed by atoms with van der Waals surface area (Å²) in [6, 6.07) is 3.93. The number of rotatable bonds is 1.